The fourth-order valence-electron chi connectivity index (χ4n) is 3.03. The lowest BCUT2D eigenvalue weighted by atomic mass is 10.2. The zero-order valence-corrected chi connectivity index (χ0v) is 24.7. The van der Waals surface area contributed by atoms with Crippen LogP contribution in [0.4, 0.5) is 11.4 Å². The molecule has 2 N–H and O–H groups in total. The number of rotatable bonds is 8. The second-order valence-electron chi connectivity index (χ2n) is 7.60. The predicted molar refractivity (Wildman–Crippen MR) is 157 cm³/mol. The number of carboxylic acid groups (broad SMARTS) is 2. The number of aromatic carboxylic acids is 2. The summed E-state index contributed by atoms with van der Waals surface area (Å²) in [6, 6.07) is 22.4. The van der Waals surface area contributed by atoms with Gasteiger partial charge in [0.05, 0.1) is 21.0 Å². The van der Waals surface area contributed by atoms with Gasteiger partial charge in [0.15, 0.2) is 0 Å². The Labute approximate surface area is 252 Å². The molecule has 0 fully saturated rings. The minimum absolute atomic E-state index is 0.0767. The molecule has 14 heteroatoms. The maximum Gasteiger partial charge on any atom is 0.337 e. The summed E-state index contributed by atoms with van der Waals surface area (Å²) < 4.78 is 1.84. The third-order valence-electron chi connectivity index (χ3n) is 4.89. The van der Waals surface area contributed by atoms with Crippen molar-refractivity contribution in [2.24, 2.45) is 0 Å². The molecule has 4 rings (SSSR count). The molecular weight excluding hydrogens is 692 g/mol. The van der Waals surface area contributed by atoms with Crippen molar-refractivity contribution in [1.82, 2.24) is 0 Å². The average molecular weight is 708 g/mol. The number of nitrogens with zero attached hydrogens (tertiary/aromatic N) is 2. The van der Waals surface area contributed by atoms with Crippen molar-refractivity contribution in [3.63, 3.8) is 0 Å². The first-order chi connectivity index (χ1) is 18.9. The highest BCUT2D eigenvalue weighted by Crippen LogP contribution is 2.34. The monoisotopic (exact) mass is 706 g/mol. The molecule has 0 heterocycles. The van der Waals surface area contributed by atoms with E-state index in [-0.39, 0.29) is 22.5 Å². The minimum Gasteiger partial charge on any atom is -0.478 e. The summed E-state index contributed by atoms with van der Waals surface area (Å²) in [5.74, 6) is -2.37. The number of nitro benzene ring substituents is 2. The molecule has 0 bridgehead atoms. The molecule has 0 unspecified atom stereocenters. The Bertz CT molecular complexity index is 1460. The number of non-ortho nitro benzene ring substituents is 2. The van der Waals surface area contributed by atoms with Gasteiger partial charge in [0.1, 0.15) is 0 Å². The lowest BCUT2D eigenvalue weighted by molar-refractivity contribution is -0.385. The van der Waals surface area contributed by atoms with E-state index in [2.05, 4.69) is 31.9 Å². The van der Waals surface area contributed by atoms with Gasteiger partial charge in [-0.1, -0.05) is 55.4 Å². The lowest BCUT2D eigenvalue weighted by Crippen LogP contribution is -2.00. The van der Waals surface area contributed by atoms with Gasteiger partial charge in [0, 0.05) is 52.8 Å². The van der Waals surface area contributed by atoms with Crippen molar-refractivity contribution in [2.75, 3.05) is 0 Å². The molecule has 10 nitrogen and oxygen atoms in total. The van der Waals surface area contributed by atoms with Crippen LogP contribution in [0.5, 0.6) is 0 Å². The van der Waals surface area contributed by atoms with Crippen LogP contribution in [0.2, 0.25) is 0 Å². The topological polar surface area (TPSA) is 161 Å². The number of carbonyl (C=O) groups is 2. The van der Waals surface area contributed by atoms with Crippen LogP contribution >= 0.6 is 55.4 Å². The van der Waals surface area contributed by atoms with Crippen LogP contribution in [0, 0.1) is 20.2 Å². The summed E-state index contributed by atoms with van der Waals surface area (Å²) in [6.45, 7) is 0. The van der Waals surface area contributed by atoms with Gasteiger partial charge < -0.3 is 10.2 Å². The van der Waals surface area contributed by atoms with Gasteiger partial charge in [-0.05, 0) is 60.7 Å². The van der Waals surface area contributed by atoms with Gasteiger partial charge in [-0.2, -0.15) is 0 Å². The fraction of sp³-hybridized carbons (Fsp3) is 0. The summed E-state index contributed by atoms with van der Waals surface area (Å²) in [7, 11) is 0. The van der Waals surface area contributed by atoms with Crippen LogP contribution in [0.25, 0.3) is 0 Å². The van der Waals surface area contributed by atoms with E-state index >= 15 is 0 Å². The zero-order chi connectivity index (χ0) is 29.4. The van der Waals surface area contributed by atoms with Gasteiger partial charge in [-0.3, -0.25) is 20.2 Å². The van der Waals surface area contributed by atoms with Gasteiger partial charge in [0.2, 0.25) is 0 Å². The molecule has 0 atom stereocenters. The highest BCUT2D eigenvalue weighted by molar-refractivity contribution is 9.10. The van der Waals surface area contributed by atoms with E-state index in [1.54, 1.807) is 0 Å². The van der Waals surface area contributed by atoms with Crippen LogP contribution in [-0.2, 0) is 0 Å². The molecule has 0 aliphatic heterocycles. The first-order valence-corrected chi connectivity index (χ1v) is 14.1. The molecule has 204 valence electrons. The van der Waals surface area contributed by atoms with E-state index in [4.69, 9.17) is 10.2 Å². The first kappa shape index (κ1) is 30.8. The molecule has 0 aliphatic carbocycles. The highest BCUT2D eigenvalue weighted by Gasteiger charge is 2.18. The van der Waals surface area contributed by atoms with Crippen LogP contribution in [0.1, 0.15) is 20.7 Å². The Hall–Kier alpha value is -3.72. The minimum atomic E-state index is -1.19. The fourth-order valence-corrected chi connectivity index (χ4v) is 5.40. The van der Waals surface area contributed by atoms with Crippen LogP contribution in [-0.4, -0.2) is 32.0 Å². The van der Waals surface area contributed by atoms with Gasteiger partial charge in [0.25, 0.3) is 11.4 Å². The Morgan fingerprint density at radius 2 is 0.925 bits per heavy atom. The Morgan fingerprint density at radius 1 is 0.600 bits per heavy atom. The normalized spacial score (nSPS) is 10.2. The average Bonchev–Trinajstić information content (AvgIpc) is 2.91. The number of carboxylic acids is 2. The maximum atomic E-state index is 11.2. The Balaban J connectivity index is 0.000000220. The van der Waals surface area contributed by atoms with Crippen molar-refractivity contribution in [2.45, 2.75) is 19.6 Å². The number of hydrogen-bond donors (Lipinski definition) is 2. The van der Waals surface area contributed by atoms with Crippen LogP contribution in [0.15, 0.2) is 113 Å². The number of halogens is 2. The van der Waals surface area contributed by atoms with Crippen molar-refractivity contribution < 1.29 is 29.6 Å². The molecule has 0 spiro atoms. The molecular formula is C26H16Br2N2O8S2. The predicted octanol–water partition coefficient (Wildman–Crippen LogP) is 8.41. The third kappa shape index (κ3) is 8.64. The number of hydrogen-bond acceptors (Lipinski definition) is 8. The molecule has 4 aromatic rings. The molecule has 0 aromatic heterocycles. The van der Waals surface area contributed by atoms with Gasteiger partial charge in [-0.15, -0.1) is 0 Å². The molecule has 0 saturated heterocycles. The molecule has 40 heavy (non-hydrogen) atoms. The molecule has 0 radical (unpaired) electrons. The summed E-state index contributed by atoms with van der Waals surface area (Å²) in [5.41, 5.74) is -0.621. The van der Waals surface area contributed by atoms with E-state index in [9.17, 15) is 29.8 Å². The van der Waals surface area contributed by atoms with Gasteiger partial charge in [-0.25, -0.2) is 9.59 Å². The third-order valence-corrected chi connectivity index (χ3v) is 8.12. The quantitative estimate of drug-likeness (QED) is 0.134. The number of benzene rings is 4. The Morgan fingerprint density at radius 3 is 1.20 bits per heavy atom. The molecule has 0 aliphatic rings. The maximum absolute atomic E-state index is 11.2. The van der Waals surface area contributed by atoms with E-state index in [1.165, 1.54) is 47.8 Å². The lowest BCUT2D eigenvalue weighted by Gasteiger charge is -2.06. The molecule has 0 saturated carbocycles. The SMILES string of the molecule is O=C(O)c1cc([N+](=O)[O-])ccc1Sc1ccc(Br)cc1.O=C(O)c1cc([N+](=O)[O-])ccc1Sc1ccc(Br)cc1. The standard InChI is InChI=1S/2C13H8BrNO4S/c2*14-8-1-4-10(5-2-8)20-12-6-3-9(15(18)19)7-11(12)13(16)17/h2*1-7H,(H,16,17). The Kier molecular flexibility index (Phi) is 10.8. The summed E-state index contributed by atoms with van der Waals surface area (Å²) >= 11 is 9.13. The van der Waals surface area contributed by atoms with Crippen molar-refractivity contribution >= 4 is 78.7 Å². The molecule has 4 aromatic carbocycles. The summed E-state index contributed by atoms with van der Waals surface area (Å²) in [4.78, 5) is 45.2. The van der Waals surface area contributed by atoms with Crippen molar-refractivity contribution in [3.8, 4) is 0 Å². The highest BCUT2D eigenvalue weighted by atomic mass is 79.9. The largest absolute Gasteiger partial charge is 0.478 e. The summed E-state index contributed by atoms with van der Waals surface area (Å²) in [6.07, 6.45) is 0. The van der Waals surface area contributed by atoms with Crippen molar-refractivity contribution in [3.05, 3.63) is 125 Å². The molecule has 0 amide bonds. The van der Waals surface area contributed by atoms with E-state index in [1.807, 2.05) is 48.5 Å². The summed E-state index contributed by atoms with van der Waals surface area (Å²) in [5, 5.41) is 39.7. The van der Waals surface area contributed by atoms with Gasteiger partial charge >= 0.3 is 11.9 Å². The first-order valence-electron chi connectivity index (χ1n) is 10.8. The second-order valence-corrected chi connectivity index (χ2v) is 11.7. The van der Waals surface area contributed by atoms with Crippen LogP contribution in [0.3, 0.4) is 0 Å². The van der Waals surface area contributed by atoms with E-state index in [0.717, 1.165) is 30.9 Å². The number of nitro groups is 2. The second kappa shape index (κ2) is 14.1. The van der Waals surface area contributed by atoms with E-state index < -0.39 is 21.8 Å². The van der Waals surface area contributed by atoms with Crippen LogP contribution < -0.4 is 0 Å². The smallest absolute Gasteiger partial charge is 0.337 e. The van der Waals surface area contributed by atoms with E-state index in [0.29, 0.717) is 9.79 Å². The van der Waals surface area contributed by atoms with Crippen molar-refractivity contribution in [1.29, 1.82) is 0 Å². The zero-order valence-electron chi connectivity index (χ0n) is 19.9.